The summed E-state index contributed by atoms with van der Waals surface area (Å²) in [5.41, 5.74) is 3.99. The Morgan fingerprint density at radius 3 is 2.65 bits per heavy atom. The Balaban J connectivity index is 2.06. The number of anilines is 2. The van der Waals surface area contributed by atoms with Crippen LogP contribution in [0.3, 0.4) is 0 Å². The monoisotopic (exact) mass is 277 g/mol. The third-order valence-electron chi connectivity index (χ3n) is 4.24. The van der Waals surface area contributed by atoms with Gasteiger partial charge in [-0.1, -0.05) is 26.7 Å². The molecular formula is C15H27N5. The molecule has 1 saturated carbocycles. The lowest BCUT2D eigenvalue weighted by Gasteiger charge is -2.31. The smallest absolute Gasteiger partial charge is 0.239 e. The molecule has 1 aromatic heterocycles. The fourth-order valence-corrected chi connectivity index (χ4v) is 3.41. The van der Waals surface area contributed by atoms with Gasteiger partial charge in [-0.25, -0.2) is 10.8 Å². The number of nitrogens with two attached hydrogens (primary N) is 1. The van der Waals surface area contributed by atoms with Gasteiger partial charge in [0, 0.05) is 18.3 Å². The van der Waals surface area contributed by atoms with Crippen LogP contribution >= 0.6 is 0 Å². The summed E-state index contributed by atoms with van der Waals surface area (Å²) < 4.78 is 0. The van der Waals surface area contributed by atoms with Gasteiger partial charge < -0.3 is 5.32 Å². The number of aromatic nitrogens is 2. The highest BCUT2D eigenvalue weighted by molar-refractivity contribution is 5.46. The summed E-state index contributed by atoms with van der Waals surface area (Å²) in [5, 5.41) is 3.53. The number of nitrogen functional groups attached to an aromatic ring is 1. The molecule has 0 radical (unpaired) electrons. The maximum absolute atomic E-state index is 5.38. The van der Waals surface area contributed by atoms with Crippen LogP contribution < -0.4 is 16.6 Å². The lowest BCUT2D eigenvalue weighted by molar-refractivity contribution is 0.252. The maximum Gasteiger partial charge on any atom is 0.239 e. The van der Waals surface area contributed by atoms with E-state index in [9.17, 15) is 0 Å². The molecule has 0 atom stereocenters. The third kappa shape index (κ3) is 3.60. The zero-order valence-electron chi connectivity index (χ0n) is 12.9. The molecule has 0 saturated heterocycles. The van der Waals surface area contributed by atoms with E-state index in [0.717, 1.165) is 23.8 Å². The Labute approximate surface area is 121 Å². The molecule has 1 fully saturated rings. The molecule has 1 heterocycles. The zero-order chi connectivity index (χ0) is 14.6. The standard InChI is InChI=1S/C15H27N5/c1-11(2)8-15(6-4-5-7-15)10-18-13-12(3)9-17-14(19-13)20-16/h9,11H,4-8,10,16H2,1-3H3,(H2,17,18,19,20). The van der Waals surface area contributed by atoms with Crippen molar-refractivity contribution in [3.63, 3.8) is 0 Å². The maximum atomic E-state index is 5.38. The lowest BCUT2D eigenvalue weighted by atomic mass is 9.78. The summed E-state index contributed by atoms with van der Waals surface area (Å²) in [5.74, 6) is 7.47. The van der Waals surface area contributed by atoms with Gasteiger partial charge in [-0.2, -0.15) is 4.98 Å². The highest BCUT2D eigenvalue weighted by atomic mass is 15.3. The Bertz CT molecular complexity index is 438. The number of nitrogens with one attached hydrogen (secondary N) is 2. The number of nitrogens with zero attached hydrogens (tertiary/aromatic N) is 2. The van der Waals surface area contributed by atoms with Crippen LogP contribution in [0.2, 0.25) is 0 Å². The molecular weight excluding hydrogens is 250 g/mol. The fourth-order valence-electron chi connectivity index (χ4n) is 3.41. The summed E-state index contributed by atoms with van der Waals surface area (Å²) in [6, 6.07) is 0. The van der Waals surface area contributed by atoms with Crippen LogP contribution in [-0.4, -0.2) is 16.5 Å². The quantitative estimate of drug-likeness (QED) is 0.550. The van der Waals surface area contributed by atoms with Gasteiger partial charge in [-0.15, -0.1) is 0 Å². The van der Waals surface area contributed by atoms with E-state index in [-0.39, 0.29) is 0 Å². The summed E-state index contributed by atoms with van der Waals surface area (Å²) in [6.45, 7) is 7.64. The molecule has 1 aliphatic rings. The molecule has 2 rings (SSSR count). The van der Waals surface area contributed by atoms with Crippen LogP contribution in [0.4, 0.5) is 11.8 Å². The number of hydrazine groups is 1. The molecule has 20 heavy (non-hydrogen) atoms. The highest BCUT2D eigenvalue weighted by Crippen LogP contribution is 2.43. The van der Waals surface area contributed by atoms with Crippen molar-refractivity contribution in [1.29, 1.82) is 0 Å². The van der Waals surface area contributed by atoms with Crippen molar-refractivity contribution < 1.29 is 0 Å². The van der Waals surface area contributed by atoms with Crippen LogP contribution in [0.25, 0.3) is 0 Å². The normalized spacial score (nSPS) is 17.4. The predicted molar refractivity (Wildman–Crippen MR) is 83.4 cm³/mol. The van der Waals surface area contributed by atoms with Gasteiger partial charge >= 0.3 is 0 Å². The van der Waals surface area contributed by atoms with Gasteiger partial charge in [0.15, 0.2) is 0 Å². The van der Waals surface area contributed by atoms with Crippen molar-refractivity contribution in [2.24, 2.45) is 17.2 Å². The van der Waals surface area contributed by atoms with E-state index in [1.165, 1.54) is 32.1 Å². The van der Waals surface area contributed by atoms with E-state index in [2.05, 4.69) is 34.6 Å². The lowest BCUT2D eigenvalue weighted by Crippen LogP contribution is -2.29. The van der Waals surface area contributed by atoms with Crippen molar-refractivity contribution in [2.45, 2.75) is 52.9 Å². The Morgan fingerprint density at radius 2 is 2.05 bits per heavy atom. The van der Waals surface area contributed by atoms with Crippen LogP contribution in [0.1, 0.15) is 51.5 Å². The minimum atomic E-state index is 0.432. The van der Waals surface area contributed by atoms with Crippen LogP contribution in [0.15, 0.2) is 6.20 Å². The largest absolute Gasteiger partial charge is 0.369 e. The first kappa shape index (κ1) is 15.0. The van der Waals surface area contributed by atoms with E-state index >= 15 is 0 Å². The molecule has 5 nitrogen and oxygen atoms in total. The molecule has 4 N–H and O–H groups in total. The van der Waals surface area contributed by atoms with Crippen LogP contribution in [-0.2, 0) is 0 Å². The minimum absolute atomic E-state index is 0.432. The Hall–Kier alpha value is -1.36. The highest BCUT2D eigenvalue weighted by Gasteiger charge is 2.34. The fraction of sp³-hybridized carbons (Fsp3) is 0.733. The van der Waals surface area contributed by atoms with Crippen molar-refractivity contribution >= 4 is 11.8 Å². The van der Waals surface area contributed by atoms with Gasteiger partial charge in [0.05, 0.1) is 0 Å². The number of aryl methyl sites for hydroxylation is 1. The van der Waals surface area contributed by atoms with Gasteiger partial charge in [0.1, 0.15) is 5.82 Å². The van der Waals surface area contributed by atoms with Gasteiger partial charge in [0.2, 0.25) is 5.95 Å². The molecule has 0 aliphatic heterocycles. The van der Waals surface area contributed by atoms with Crippen molar-refractivity contribution in [2.75, 3.05) is 17.3 Å². The molecule has 112 valence electrons. The van der Waals surface area contributed by atoms with Gasteiger partial charge in [-0.05, 0) is 37.5 Å². The molecule has 5 heteroatoms. The van der Waals surface area contributed by atoms with Crippen LogP contribution in [0, 0.1) is 18.3 Å². The summed E-state index contributed by atoms with van der Waals surface area (Å²) in [6.07, 6.45) is 8.44. The summed E-state index contributed by atoms with van der Waals surface area (Å²) >= 11 is 0. The number of hydrogen-bond donors (Lipinski definition) is 3. The summed E-state index contributed by atoms with van der Waals surface area (Å²) in [7, 11) is 0. The number of hydrogen-bond acceptors (Lipinski definition) is 5. The molecule has 0 bridgehead atoms. The van der Waals surface area contributed by atoms with E-state index in [0.29, 0.717) is 11.4 Å². The van der Waals surface area contributed by atoms with E-state index in [1.807, 2.05) is 6.92 Å². The molecule has 0 aromatic carbocycles. The second-order valence-electron chi connectivity index (χ2n) is 6.53. The predicted octanol–water partition coefficient (Wildman–Crippen LogP) is 3.09. The van der Waals surface area contributed by atoms with Gasteiger partial charge in [-0.3, -0.25) is 5.43 Å². The minimum Gasteiger partial charge on any atom is -0.369 e. The van der Waals surface area contributed by atoms with Crippen molar-refractivity contribution in [3.05, 3.63) is 11.8 Å². The van der Waals surface area contributed by atoms with E-state index in [4.69, 9.17) is 5.84 Å². The average molecular weight is 277 g/mol. The van der Waals surface area contributed by atoms with E-state index in [1.54, 1.807) is 6.20 Å². The van der Waals surface area contributed by atoms with E-state index < -0.39 is 0 Å². The molecule has 0 amide bonds. The Morgan fingerprint density at radius 1 is 1.35 bits per heavy atom. The third-order valence-corrected chi connectivity index (χ3v) is 4.24. The molecule has 1 aliphatic carbocycles. The second-order valence-corrected chi connectivity index (χ2v) is 6.53. The van der Waals surface area contributed by atoms with Crippen molar-refractivity contribution in [1.82, 2.24) is 9.97 Å². The first-order chi connectivity index (χ1) is 9.54. The first-order valence-electron chi connectivity index (χ1n) is 7.59. The zero-order valence-corrected chi connectivity index (χ0v) is 12.9. The topological polar surface area (TPSA) is 75.9 Å². The molecule has 0 unspecified atom stereocenters. The summed E-state index contributed by atoms with van der Waals surface area (Å²) in [4.78, 5) is 8.52. The first-order valence-corrected chi connectivity index (χ1v) is 7.59. The average Bonchev–Trinajstić information content (AvgIpc) is 2.86. The SMILES string of the molecule is Cc1cnc(NN)nc1NCC1(CC(C)C)CCCC1. The van der Waals surface area contributed by atoms with Gasteiger partial charge in [0.25, 0.3) is 0 Å². The molecule has 0 spiro atoms. The second kappa shape index (κ2) is 6.39. The Kier molecular flexibility index (Phi) is 4.81. The van der Waals surface area contributed by atoms with Crippen LogP contribution in [0.5, 0.6) is 0 Å². The number of rotatable bonds is 6. The molecule has 1 aromatic rings. The van der Waals surface area contributed by atoms with Crippen molar-refractivity contribution in [3.8, 4) is 0 Å².